The first kappa shape index (κ1) is 12.9. The molecule has 4 heteroatoms. The van der Waals surface area contributed by atoms with E-state index >= 15 is 0 Å². The Morgan fingerprint density at radius 2 is 2.17 bits per heavy atom. The van der Waals surface area contributed by atoms with Crippen LogP contribution in [0, 0.1) is 17.2 Å². The summed E-state index contributed by atoms with van der Waals surface area (Å²) >= 11 is 5.90. The number of carbonyl (C=O) groups is 1. The maximum atomic E-state index is 12.1. The van der Waals surface area contributed by atoms with Crippen LogP contribution < -0.4 is 0 Å². The Labute approximate surface area is 112 Å². The summed E-state index contributed by atoms with van der Waals surface area (Å²) in [4.78, 5) is 13.9. The lowest BCUT2D eigenvalue weighted by molar-refractivity contribution is -0.132. The molecule has 3 nitrogen and oxygen atoms in total. The van der Waals surface area contributed by atoms with Gasteiger partial charge in [0.1, 0.15) is 5.92 Å². The van der Waals surface area contributed by atoms with E-state index in [1.54, 1.807) is 11.0 Å². The van der Waals surface area contributed by atoms with Crippen LogP contribution in [0.5, 0.6) is 0 Å². The Kier molecular flexibility index (Phi) is 4.22. The van der Waals surface area contributed by atoms with Gasteiger partial charge < -0.3 is 4.90 Å². The van der Waals surface area contributed by atoms with Gasteiger partial charge in [-0.1, -0.05) is 23.7 Å². The van der Waals surface area contributed by atoms with Crippen LogP contribution in [0.2, 0.25) is 5.02 Å². The van der Waals surface area contributed by atoms with E-state index in [1.807, 2.05) is 18.2 Å². The Morgan fingerprint density at radius 3 is 2.78 bits per heavy atom. The fraction of sp³-hybridized carbons (Fsp3) is 0.429. The zero-order valence-corrected chi connectivity index (χ0v) is 10.9. The molecule has 1 saturated heterocycles. The van der Waals surface area contributed by atoms with Gasteiger partial charge in [-0.15, -0.1) is 0 Å². The molecule has 1 atom stereocenters. The van der Waals surface area contributed by atoms with Crippen molar-refractivity contribution in [1.29, 1.82) is 5.26 Å². The fourth-order valence-electron chi connectivity index (χ4n) is 2.25. The largest absolute Gasteiger partial charge is 0.342 e. The highest BCUT2D eigenvalue weighted by Crippen LogP contribution is 2.18. The Balaban J connectivity index is 2.05. The molecule has 0 aromatic heterocycles. The van der Waals surface area contributed by atoms with Crippen molar-refractivity contribution >= 4 is 17.5 Å². The molecule has 0 saturated carbocycles. The molecule has 1 aromatic carbocycles. The zero-order valence-electron chi connectivity index (χ0n) is 10.1. The van der Waals surface area contributed by atoms with Crippen LogP contribution >= 0.6 is 11.6 Å². The van der Waals surface area contributed by atoms with Crippen molar-refractivity contribution in [3.8, 4) is 6.07 Å². The summed E-state index contributed by atoms with van der Waals surface area (Å²) in [5.41, 5.74) is 0.932. The maximum absolute atomic E-state index is 12.1. The van der Waals surface area contributed by atoms with Gasteiger partial charge in [0.2, 0.25) is 5.91 Å². The normalized spacial score (nSPS) is 16.3. The SMILES string of the molecule is N#CC(Cc1cccc(Cl)c1)C(=O)N1CCCC1. The number of nitriles is 1. The van der Waals surface area contributed by atoms with Gasteiger partial charge in [0.05, 0.1) is 6.07 Å². The molecule has 94 valence electrons. The second-order valence-corrected chi connectivity index (χ2v) is 4.98. The van der Waals surface area contributed by atoms with E-state index in [-0.39, 0.29) is 5.91 Å². The number of hydrogen-bond donors (Lipinski definition) is 0. The Hall–Kier alpha value is -1.53. The molecule has 18 heavy (non-hydrogen) atoms. The second kappa shape index (κ2) is 5.88. The minimum absolute atomic E-state index is 0.0463. The van der Waals surface area contributed by atoms with Crippen LogP contribution in [0.4, 0.5) is 0 Å². The highest BCUT2D eigenvalue weighted by molar-refractivity contribution is 6.30. The molecule has 1 aliphatic heterocycles. The zero-order chi connectivity index (χ0) is 13.0. The third-order valence-corrected chi connectivity index (χ3v) is 3.44. The quantitative estimate of drug-likeness (QED) is 0.841. The number of benzene rings is 1. The molecule has 0 spiro atoms. The average Bonchev–Trinajstić information content (AvgIpc) is 2.89. The minimum atomic E-state index is -0.596. The molecule has 1 aliphatic rings. The molecule has 1 aromatic rings. The van der Waals surface area contributed by atoms with Crippen LogP contribution in [0.1, 0.15) is 18.4 Å². The van der Waals surface area contributed by atoms with Crippen molar-refractivity contribution in [1.82, 2.24) is 4.90 Å². The first-order valence-corrected chi connectivity index (χ1v) is 6.51. The number of rotatable bonds is 3. The van der Waals surface area contributed by atoms with Gasteiger partial charge in [-0.3, -0.25) is 4.79 Å². The summed E-state index contributed by atoms with van der Waals surface area (Å²) in [6.45, 7) is 1.57. The van der Waals surface area contributed by atoms with Crippen molar-refractivity contribution in [2.24, 2.45) is 5.92 Å². The Bertz CT molecular complexity index is 475. The first-order chi connectivity index (χ1) is 8.70. The molecule has 0 radical (unpaired) electrons. The Morgan fingerprint density at radius 1 is 1.44 bits per heavy atom. The van der Waals surface area contributed by atoms with Crippen molar-refractivity contribution in [3.05, 3.63) is 34.9 Å². The van der Waals surface area contributed by atoms with Crippen molar-refractivity contribution in [2.75, 3.05) is 13.1 Å². The summed E-state index contributed by atoms with van der Waals surface area (Å²) < 4.78 is 0. The highest BCUT2D eigenvalue weighted by Gasteiger charge is 2.26. The van der Waals surface area contributed by atoms with E-state index < -0.39 is 5.92 Å². The van der Waals surface area contributed by atoms with Crippen LogP contribution in [0.15, 0.2) is 24.3 Å². The topological polar surface area (TPSA) is 44.1 Å². The standard InChI is InChI=1S/C14H15ClN2O/c15-13-5-3-4-11(9-13)8-12(10-16)14(18)17-6-1-2-7-17/h3-5,9,12H,1-2,6-8H2. The molecule has 0 bridgehead atoms. The van der Waals surface area contributed by atoms with Gasteiger partial charge in [-0.25, -0.2) is 0 Å². The molecular formula is C14H15ClN2O. The second-order valence-electron chi connectivity index (χ2n) is 4.55. The molecule has 2 rings (SSSR count). The molecule has 1 fully saturated rings. The van der Waals surface area contributed by atoms with E-state index in [2.05, 4.69) is 6.07 Å². The summed E-state index contributed by atoms with van der Waals surface area (Å²) in [5.74, 6) is -0.642. The van der Waals surface area contributed by atoms with Crippen molar-refractivity contribution < 1.29 is 4.79 Å². The van der Waals surface area contributed by atoms with E-state index in [0.717, 1.165) is 31.5 Å². The van der Waals surface area contributed by atoms with E-state index in [4.69, 9.17) is 16.9 Å². The number of hydrogen-bond acceptors (Lipinski definition) is 2. The molecule has 1 unspecified atom stereocenters. The van der Waals surface area contributed by atoms with E-state index in [1.165, 1.54) is 0 Å². The van der Waals surface area contributed by atoms with Crippen molar-refractivity contribution in [3.63, 3.8) is 0 Å². The van der Waals surface area contributed by atoms with Crippen LogP contribution in [-0.2, 0) is 11.2 Å². The molecule has 1 heterocycles. The van der Waals surface area contributed by atoms with Gasteiger partial charge in [0, 0.05) is 18.1 Å². The maximum Gasteiger partial charge on any atom is 0.240 e. The summed E-state index contributed by atoms with van der Waals surface area (Å²) in [7, 11) is 0. The lowest BCUT2D eigenvalue weighted by Gasteiger charge is -2.18. The van der Waals surface area contributed by atoms with Crippen LogP contribution in [0.3, 0.4) is 0 Å². The third kappa shape index (κ3) is 3.02. The summed E-state index contributed by atoms with van der Waals surface area (Å²) in [5, 5.41) is 9.79. The van der Waals surface area contributed by atoms with E-state index in [9.17, 15) is 4.79 Å². The smallest absolute Gasteiger partial charge is 0.240 e. The average molecular weight is 263 g/mol. The van der Waals surface area contributed by atoms with Gasteiger partial charge in [-0.05, 0) is 37.0 Å². The highest BCUT2D eigenvalue weighted by atomic mass is 35.5. The van der Waals surface area contributed by atoms with E-state index in [0.29, 0.717) is 11.4 Å². The molecule has 0 aliphatic carbocycles. The van der Waals surface area contributed by atoms with Gasteiger partial charge in [0.25, 0.3) is 0 Å². The summed E-state index contributed by atoms with van der Waals surface area (Å²) in [6, 6.07) is 9.44. The predicted molar refractivity (Wildman–Crippen MR) is 70.1 cm³/mol. The minimum Gasteiger partial charge on any atom is -0.342 e. The van der Waals surface area contributed by atoms with Crippen molar-refractivity contribution in [2.45, 2.75) is 19.3 Å². The first-order valence-electron chi connectivity index (χ1n) is 6.13. The van der Waals surface area contributed by atoms with Crippen LogP contribution in [-0.4, -0.2) is 23.9 Å². The third-order valence-electron chi connectivity index (χ3n) is 3.20. The molecular weight excluding hydrogens is 248 g/mol. The number of nitrogens with zero attached hydrogens (tertiary/aromatic N) is 2. The van der Waals surface area contributed by atoms with Crippen LogP contribution in [0.25, 0.3) is 0 Å². The monoisotopic (exact) mass is 262 g/mol. The predicted octanol–water partition coefficient (Wildman–Crippen LogP) is 2.64. The number of amides is 1. The van der Waals surface area contributed by atoms with Gasteiger partial charge in [-0.2, -0.15) is 5.26 Å². The lowest BCUT2D eigenvalue weighted by Crippen LogP contribution is -2.34. The fourth-order valence-corrected chi connectivity index (χ4v) is 2.46. The number of carbonyl (C=O) groups excluding carboxylic acids is 1. The van der Waals surface area contributed by atoms with Gasteiger partial charge in [0.15, 0.2) is 0 Å². The number of halogens is 1. The lowest BCUT2D eigenvalue weighted by atomic mass is 9.99. The van der Waals surface area contributed by atoms with Gasteiger partial charge >= 0.3 is 0 Å². The molecule has 1 amide bonds. The summed E-state index contributed by atoms with van der Waals surface area (Å²) in [6.07, 6.45) is 2.52. The molecule has 0 N–H and O–H groups in total. The number of likely N-dealkylation sites (tertiary alicyclic amines) is 1.